The summed E-state index contributed by atoms with van der Waals surface area (Å²) >= 11 is 0. The van der Waals surface area contributed by atoms with Crippen LogP contribution in [0.4, 0.5) is 6.01 Å². The number of rotatable bonds is 3. The molecule has 1 aliphatic heterocycles. The molecular formula is C13H23N3O3. The molecule has 1 saturated heterocycles. The van der Waals surface area contributed by atoms with Crippen LogP contribution in [0, 0.1) is 0 Å². The number of nitrogens with zero attached hydrogens (tertiary/aromatic N) is 3. The van der Waals surface area contributed by atoms with Crippen LogP contribution in [-0.4, -0.2) is 46.7 Å². The third-order valence-corrected chi connectivity index (χ3v) is 3.01. The van der Waals surface area contributed by atoms with Gasteiger partial charge in [-0.3, -0.25) is 0 Å². The molecule has 1 aromatic heterocycles. The smallest absolute Gasteiger partial charge is 0.318 e. The summed E-state index contributed by atoms with van der Waals surface area (Å²) in [6.45, 7) is 11.0. The topological polar surface area (TPSA) is 71.6 Å². The van der Waals surface area contributed by atoms with Gasteiger partial charge < -0.3 is 19.2 Å². The molecule has 19 heavy (non-hydrogen) atoms. The predicted octanol–water partition coefficient (Wildman–Crippen LogP) is 1.34. The molecular weight excluding hydrogens is 246 g/mol. The SMILES string of the molecule is CC(C)O[C@@H]1CN(c2nnc(C(C)(C)C)o2)C[C@H]1O. The molecule has 0 spiro atoms. The molecule has 2 atom stereocenters. The van der Waals surface area contributed by atoms with Gasteiger partial charge in [-0.2, -0.15) is 0 Å². The number of aliphatic hydroxyl groups is 1. The van der Waals surface area contributed by atoms with Gasteiger partial charge in [0.15, 0.2) is 0 Å². The minimum absolute atomic E-state index is 0.0902. The second kappa shape index (κ2) is 5.09. The van der Waals surface area contributed by atoms with Crippen LogP contribution in [0.15, 0.2) is 4.42 Å². The Kier molecular flexibility index (Phi) is 3.82. The van der Waals surface area contributed by atoms with Gasteiger partial charge in [-0.1, -0.05) is 25.9 Å². The number of ether oxygens (including phenoxy) is 1. The molecule has 6 heteroatoms. The highest BCUT2D eigenvalue weighted by atomic mass is 16.5. The molecule has 0 saturated carbocycles. The Morgan fingerprint density at radius 3 is 2.53 bits per heavy atom. The highest BCUT2D eigenvalue weighted by molar-refractivity contribution is 5.29. The summed E-state index contributed by atoms with van der Waals surface area (Å²) in [6.07, 6.45) is -0.634. The maximum atomic E-state index is 9.98. The highest BCUT2D eigenvalue weighted by Gasteiger charge is 2.35. The molecule has 0 aromatic carbocycles. The summed E-state index contributed by atoms with van der Waals surface area (Å²) in [4.78, 5) is 1.87. The lowest BCUT2D eigenvalue weighted by atomic mass is 9.97. The number of β-amino-alcohol motifs (C(OH)–C–C–N with tert-alkyl or cyclic N) is 1. The van der Waals surface area contributed by atoms with E-state index >= 15 is 0 Å². The highest BCUT2D eigenvalue weighted by Crippen LogP contribution is 2.26. The molecule has 1 N–H and O–H groups in total. The first kappa shape index (κ1) is 14.3. The largest absolute Gasteiger partial charge is 0.407 e. The van der Waals surface area contributed by atoms with Gasteiger partial charge in [0.1, 0.15) is 6.10 Å². The maximum absolute atomic E-state index is 9.98. The number of hydrogen-bond donors (Lipinski definition) is 1. The van der Waals surface area contributed by atoms with E-state index in [9.17, 15) is 5.11 Å². The van der Waals surface area contributed by atoms with E-state index in [1.807, 2.05) is 39.5 Å². The van der Waals surface area contributed by atoms with E-state index < -0.39 is 6.10 Å². The Labute approximate surface area is 113 Å². The van der Waals surface area contributed by atoms with E-state index in [4.69, 9.17) is 9.15 Å². The summed E-state index contributed by atoms with van der Waals surface area (Å²) in [7, 11) is 0. The van der Waals surface area contributed by atoms with Gasteiger partial charge in [0.05, 0.1) is 25.3 Å². The summed E-state index contributed by atoms with van der Waals surface area (Å²) in [5.41, 5.74) is -0.169. The van der Waals surface area contributed by atoms with Crippen molar-refractivity contribution in [3.63, 3.8) is 0 Å². The zero-order valence-corrected chi connectivity index (χ0v) is 12.3. The van der Waals surface area contributed by atoms with Gasteiger partial charge in [0.2, 0.25) is 5.89 Å². The van der Waals surface area contributed by atoms with Crippen LogP contribution in [0.2, 0.25) is 0 Å². The zero-order chi connectivity index (χ0) is 14.2. The second-order valence-corrected chi connectivity index (χ2v) is 6.34. The minimum atomic E-state index is -0.521. The first-order valence-electron chi connectivity index (χ1n) is 6.70. The van der Waals surface area contributed by atoms with Gasteiger partial charge in [-0.25, -0.2) is 0 Å². The molecule has 2 rings (SSSR count). The first-order chi connectivity index (χ1) is 8.77. The molecule has 0 aliphatic carbocycles. The molecule has 0 radical (unpaired) electrons. The van der Waals surface area contributed by atoms with E-state index in [1.54, 1.807) is 0 Å². The third kappa shape index (κ3) is 3.25. The zero-order valence-electron chi connectivity index (χ0n) is 12.3. The summed E-state index contributed by atoms with van der Waals surface area (Å²) < 4.78 is 11.3. The van der Waals surface area contributed by atoms with Crippen molar-refractivity contribution in [2.45, 2.75) is 58.3 Å². The van der Waals surface area contributed by atoms with Gasteiger partial charge in [-0.05, 0) is 13.8 Å². The summed E-state index contributed by atoms with van der Waals surface area (Å²) in [5, 5.41) is 18.1. The van der Waals surface area contributed by atoms with Crippen molar-refractivity contribution in [3.05, 3.63) is 5.89 Å². The first-order valence-corrected chi connectivity index (χ1v) is 6.70. The van der Waals surface area contributed by atoms with E-state index in [2.05, 4.69) is 10.2 Å². The van der Waals surface area contributed by atoms with Crippen molar-refractivity contribution >= 4 is 6.01 Å². The normalized spacial score (nSPS) is 24.5. The van der Waals surface area contributed by atoms with Gasteiger partial charge in [0.25, 0.3) is 0 Å². The Bertz CT molecular complexity index is 425. The van der Waals surface area contributed by atoms with Crippen molar-refractivity contribution in [1.29, 1.82) is 0 Å². The Morgan fingerprint density at radius 2 is 2.00 bits per heavy atom. The molecule has 108 valence electrons. The van der Waals surface area contributed by atoms with Gasteiger partial charge in [-0.15, -0.1) is 5.10 Å². The minimum Gasteiger partial charge on any atom is -0.407 e. The van der Waals surface area contributed by atoms with Crippen LogP contribution >= 0.6 is 0 Å². The second-order valence-electron chi connectivity index (χ2n) is 6.34. The number of hydrogen-bond acceptors (Lipinski definition) is 6. The van der Waals surface area contributed by atoms with E-state index in [0.29, 0.717) is 25.0 Å². The van der Waals surface area contributed by atoms with Crippen LogP contribution < -0.4 is 4.90 Å². The van der Waals surface area contributed by atoms with Crippen molar-refractivity contribution in [1.82, 2.24) is 10.2 Å². The van der Waals surface area contributed by atoms with E-state index in [1.165, 1.54) is 0 Å². The molecule has 1 aromatic rings. The molecule has 0 unspecified atom stereocenters. The third-order valence-electron chi connectivity index (χ3n) is 3.01. The van der Waals surface area contributed by atoms with Crippen LogP contribution in [0.25, 0.3) is 0 Å². The fraction of sp³-hybridized carbons (Fsp3) is 0.846. The van der Waals surface area contributed by atoms with E-state index in [-0.39, 0.29) is 17.6 Å². The standard InChI is InChI=1S/C13H23N3O3/c1-8(2)18-10-7-16(6-9(10)17)12-15-14-11(19-12)13(3,4)5/h8-10,17H,6-7H2,1-5H3/t9-,10-/m1/s1. The lowest BCUT2D eigenvalue weighted by Crippen LogP contribution is -2.29. The van der Waals surface area contributed by atoms with Crippen molar-refractivity contribution in [3.8, 4) is 0 Å². The number of anilines is 1. The van der Waals surface area contributed by atoms with E-state index in [0.717, 1.165) is 0 Å². The number of aromatic nitrogens is 2. The average Bonchev–Trinajstić information content (AvgIpc) is 2.84. The van der Waals surface area contributed by atoms with Crippen LogP contribution in [-0.2, 0) is 10.2 Å². The van der Waals surface area contributed by atoms with Crippen LogP contribution in [0.3, 0.4) is 0 Å². The van der Waals surface area contributed by atoms with Crippen molar-refractivity contribution < 1.29 is 14.3 Å². The summed E-state index contributed by atoms with van der Waals surface area (Å²) in [6, 6.07) is 0.457. The predicted molar refractivity (Wildman–Crippen MR) is 71.2 cm³/mol. The Balaban J connectivity index is 2.06. The number of aliphatic hydroxyl groups excluding tert-OH is 1. The van der Waals surface area contributed by atoms with Gasteiger partial charge in [0, 0.05) is 5.41 Å². The molecule has 2 heterocycles. The van der Waals surface area contributed by atoms with Crippen molar-refractivity contribution in [2.75, 3.05) is 18.0 Å². The molecule has 0 bridgehead atoms. The van der Waals surface area contributed by atoms with Crippen LogP contribution in [0.1, 0.15) is 40.5 Å². The van der Waals surface area contributed by atoms with Gasteiger partial charge >= 0.3 is 6.01 Å². The average molecular weight is 269 g/mol. The maximum Gasteiger partial charge on any atom is 0.318 e. The lowest BCUT2D eigenvalue weighted by molar-refractivity contribution is -0.0386. The summed E-state index contributed by atoms with van der Waals surface area (Å²) in [5.74, 6) is 0.602. The molecule has 6 nitrogen and oxygen atoms in total. The molecule has 1 fully saturated rings. The lowest BCUT2D eigenvalue weighted by Gasteiger charge is -2.17. The molecule has 0 amide bonds. The Morgan fingerprint density at radius 1 is 1.32 bits per heavy atom. The fourth-order valence-electron chi connectivity index (χ4n) is 2.04. The Hall–Kier alpha value is -1.14. The monoisotopic (exact) mass is 269 g/mol. The molecule has 1 aliphatic rings. The quantitative estimate of drug-likeness (QED) is 0.893. The van der Waals surface area contributed by atoms with Crippen LogP contribution in [0.5, 0.6) is 0 Å². The van der Waals surface area contributed by atoms with Crippen molar-refractivity contribution in [2.24, 2.45) is 0 Å². The fourth-order valence-corrected chi connectivity index (χ4v) is 2.04.